The highest BCUT2D eigenvalue weighted by Crippen LogP contribution is 2.29. The number of halogens is 1. The number of hydrogen-bond donors (Lipinski definition) is 1. The van der Waals surface area contributed by atoms with Crippen molar-refractivity contribution in [3.8, 4) is 0 Å². The van der Waals surface area contributed by atoms with E-state index in [1.165, 1.54) is 11.3 Å². The van der Waals surface area contributed by atoms with E-state index in [9.17, 15) is 4.79 Å². The lowest BCUT2D eigenvalue weighted by molar-refractivity contribution is -0.136. The first-order valence-corrected chi connectivity index (χ1v) is 5.71. The van der Waals surface area contributed by atoms with Crippen molar-refractivity contribution in [1.29, 1.82) is 0 Å². The van der Waals surface area contributed by atoms with Gasteiger partial charge in [0.1, 0.15) is 0 Å². The number of rotatable bonds is 3. The molecule has 0 saturated carbocycles. The lowest BCUT2D eigenvalue weighted by Gasteiger charge is -2.34. The Kier molecular flexibility index (Phi) is 4.82. The molecule has 17 heavy (non-hydrogen) atoms. The second-order valence-corrected chi connectivity index (χ2v) is 4.53. The molecule has 2 rings (SSSR count). The molecule has 94 valence electrons. The predicted octanol–water partition coefficient (Wildman–Crippen LogP) is 2.58. The summed E-state index contributed by atoms with van der Waals surface area (Å²) in [5.41, 5.74) is 2.55. The van der Waals surface area contributed by atoms with E-state index in [4.69, 9.17) is 5.11 Å². The second-order valence-electron chi connectivity index (χ2n) is 4.53. The molecule has 1 aliphatic rings. The van der Waals surface area contributed by atoms with Crippen molar-refractivity contribution >= 4 is 24.1 Å². The number of carboxylic acid groups (broad SMARTS) is 1. The van der Waals surface area contributed by atoms with Crippen molar-refractivity contribution in [2.75, 3.05) is 18.0 Å². The third-order valence-electron chi connectivity index (χ3n) is 3.03. The topological polar surface area (TPSA) is 40.5 Å². The van der Waals surface area contributed by atoms with E-state index in [1.54, 1.807) is 0 Å². The molecule has 1 atom stereocenters. The third kappa shape index (κ3) is 3.37. The van der Waals surface area contributed by atoms with E-state index >= 15 is 0 Å². The summed E-state index contributed by atoms with van der Waals surface area (Å²) in [5.74, 6) is -0.126. The Morgan fingerprint density at radius 2 is 2.18 bits per heavy atom. The summed E-state index contributed by atoms with van der Waals surface area (Å²) in [5, 5.41) is 8.73. The van der Waals surface area contributed by atoms with Gasteiger partial charge in [0.25, 0.3) is 0 Å². The summed E-state index contributed by atoms with van der Waals surface area (Å²) >= 11 is 0. The van der Waals surface area contributed by atoms with Crippen LogP contribution in [0.5, 0.6) is 0 Å². The van der Waals surface area contributed by atoms with Crippen molar-refractivity contribution in [3.63, 3.8) is 0 Å². The van der Waals surface area contributed by atoms with Gasteiger partial charge >= 0.3 is 5.97 Å². The molecule has 1 aliphatic heterocycles. The average Bonchev–Trinajstić information content (AvgIpc) is 2.25. The first-order chi connectivity index (χ1) is 7.66. The number of carbonyl (C=O) groups is 1. The van der Waals surface area contributed by atoms with Crippen molar-refractivity contribution in [2.45, 2.75) is 19.8 Å². The number of para-hydroxylation sites is 1. The molecule has 0 aliphatic carbocycles. The van der Waals surface area contributed by atoms with E-state index in [-0.39, 0.29) is 18.8 Å². The smallest absolute Gasteiger partial charge is 0.305 e. The number of benzene rings is 1. The predicted molar refractivity (Wildman–Crippen MR) is 71.0 cm³/mol. The van der Waals surface area contributed by atoms with E-state index in [2.05, 4.69) is 24.0 Å². The number of hydrogen-bond acceptors (Lipinski definition) is 2. The number of fused-ring (bicyclic) bond motifs is 1. The third-order valence-corrected chi connectivity index (χ3v) is 3.03. The fraction of sp³-hybridized carbons (Fsp3) is 0.462. The highest BCUT2D eigenvalue weighted by molar-refractivity contribution is 5.85. The molecular weight excluding hydrogens is 238 g/mol. The van der Waals surface area contributed by atoms with Gasteiger partial charge in [-0.1, -0.05) is 25.1 Å². The fourth-order valence-corrected chi connectivity index (χ4v) is 2.35. The summed E-state index contributed by atoms with van der Waals surface area (Å²) in [4.78, 5) is 12.8. The molecule has 0 radical (unpaired) electrons. The van der Waals surface area contributed by atoms with Crippen molar-refractivity contribution < 1.29 is 9.90 Å². The van der Waals surface area contributed by atoms with Crippen LogP contribution in [0.4, 0.5) is 5.69 Å². The van der Waals surface area contributed by atoms with Crippen molar-refractivity contribution in [2.24, 2.45) is 5.92 Å². The van der Waals surface area contributed by atoms with Crippen LogP contribution in [0.15, 0.2) is 24.3 Å². The highest BCUT2D eigenvalue weighted by atomic mass is 35.5. The standard InChI is InChI=1S/C13H17NO2.ClH/c1-10-8-11-4-2-3-5-12(11)14(9-10)7-6-13(15)16;/h2-5,10H,6-9H2,1H3,(H,15,16);1H. The maximum atomic E-state index is 10.6. The normalized spacial score (nSPS) is 18.2. The van der Waals surface area contributed by atoms with Crippen LogP contribution in [-0.2, 0) is 11.2 Å². The molecule has 0 amide bonds. The Morgan fingerprint density at radius 1 is 1.47 bits per heavy atom. The molecule has 1 aromatic carbocycles. The first-order valence-electron chi connectivity index (χ1n) is 5.71. The van der Waals surface area contributed by atoms with Crippen LogP contribution in [0.3, 0.4) is 0 Å². The quantitative estimate of drug-likeness (QED) is 0.903. The van der Waals surface area contributed by atoms with Gasteiger partial charge in [0.05, 0.1) is 6.42 Å². The molecule has 0 saturated heterocycles. The van der Waals surface area contributed by atoms with Crippen LogP contribution in [0.2, 0.25) is 0 Å². The Hall–Kier alpha value is -1.22. The van der Waals surface area contributed by atoms with Crippen LogP contribution in [0, 0.1) is 5.92 Å². The summed E-state index contributed by atoms with van der Waals surface area (Å²) in [7, 11) is 0. The largest absolute Gasteiger partial charge is 0.481 e. The van der Waals surface area contributed by atoms with Gasteiger partial charge in [-0.15, -0.1) is 12.4 Å². The lowest BCUT2D eigenvalue weighted by atomic mass is 9.94. The zero-order valence-corrected chi connectivity index (χ0v) is 10.7. The maximum Gasteiger partial charge on any atom is 0.305 e. The van der Waals surface area contributed by atoms with Gasteiger partial charge in [-0.25, -0.2) is 0 Å². The number of carboxylic acids is 1. The molecule has 0 fully saturated rings. The number of nitrogens with zero attached hydrogens (tertiary/aromatic N) is 1. The first kappa shape index (κ1) is 13.8. The highest BCUT2D eigenvalue weighted by Gasteiger charge is 2.21. The molecule has 0 aromatic heterocycles. The average molecular weight is 256 g/mol. The van der Waals surface area contributed by atoms with Gasteiger partial charge < -0.3 is 10.0 Å². The van der Waals surface area contributed by atoms with Crippen LogP contribution in [0.1, 0.15) is 18.9 Å². The van der Waals surface area contributed by atoms with Gasteiger partial charge in [0.15, 0.2) is 0 Å². The summed E-state index contributed by atoms with van der Waals surface area (Å²) in [6.45, 7) is 3.78. The van der Waals surface area contributed by atoms with Gasteiger partial charge in [-0.05, 0) is 24.0 Å². The van der Waals surface area contributed by atoms with Crippen LogP contribution in [0.25, 0.3) is 0 Å². The molecular formula is C13H18ClNO2. The van der Waals surface area contributed by atoms with Crippen LogP contribution < -0.4 is 4.90 Å². The minimum atomic E-state index is -0.726. The Balaban J connectivity index is 0.00000144. The van der Waals surface area contributed by atoms with Gasteiger partial charge in [0, 0.05) is 18.8 Å². The molecule has 0 bridgehead atoms. The molecule has 1 unspecified atom stereocenters. The van der Waals surface area contributed by atoms with Crippen LogP contribution >= 0.6 is 12.4 Å². The Bertz CT molecular complexity index is 395. The van der Waals surface area contributed by atoms with Crippen LogP contribution in [-0.4, -0.2) is 24.2 Å². The SMILES string of the molecule is CC1Cc2ccccc2N(CCC(=O)O)C1.Cl. The second kappa shape index (κ2) is 5.92. The van der Waals surface area contributed by atoms with Gasteiger partial charge in [0.2, 0.25) is 0 Å². The minimum Gasteiger partial charge on any atom is -0.481 e. The number of anilines is 1. The zero-order valence-electron chi connectivity index (χ0n) is 9.93. The number of aliphatic carboxylic acids is 1. The molecule has 0 spiro atoms. The molecule has 1 heterocycles. The van der Waals surface area contributed by atoms with Crippen molar-refractivity contribution in [3.05, 3.63) is 29.8 Å². The summed E-state index contributed by atoms with van der Waals surface area (Å²) in [6.07, 6.45) is 1.31. The van der Waals surface area contributed by atoms with E-state index < -0.39 is 5.97 Å². The summed E-state index contributed by atoms with van der Waals surface area (Å²) < 4.78 is 0. The Labute approximate surface area is 108 Å². The van der Waals surface area contributed by atoms with E-state index in [1.807, 2.05) is 12.1 Å². The Morgan fingerprint density at radius 3 is 2.88 bits per heavy atom. The lowest BCUT2D eigenvalue weighted by Crippen LogP contribution is -2.35. The van der Waals surface area contributed by atoms with Gasteiger partial charge in [-0.2, -0.15) is 0 Å². The molecule has 4 heteroatoms. The molecule has 1 aromatic rings. The fourth-order valence-electron chi connectivity index (χ4n) is 2.35. The van der Waals surface area contributed by atoms with Crippen molar-refractivity contribution in [1.82, 2.24) is 0 Å². The molecule has 1 N–H and O–H groups in total. The zero-order chi connectivity index (χ0) is 11.5. The van der Waals surface area contributed by atoms with Gasteiger partial charge in [-0.3, -0.25) is 4.79 Å². The minimum absolute atomic E-state index is 0. The molecule has 3 nitrogen and oxygen atoms in total. The van der Waals surface area contributed by atoms with E-state index in [0.29, 0.717) is 12.5 Å². The summed E-state index contributed by atoms with van der Waals surface area (Å²) in [6, 6.07) is 8.29. The monoisotopic (exact) mass is 255 g/mol. The maximum absolute atomic E-state index is 10.6. The van der Waals surface area contributed by atoms with E-state index in [0.717, 1.165) is 13.0 Å².